The van der Waals surface area contributed by atoms with E-state index in [2.05, 4.69) is 41.2 Å². The molecule has 42 heavy (non-hydrogen) atoms. The first-order valence-corrected chi connectivity index (χ1v) is 15.0. The molecule has 7 heteroatoms. The number of allylic oxidation sites excluding steroid dienone is 2. The Morgan fingerprint density at radius 3 is 2.29 bits per heavy atom. The highest BCUT2D eigenvalue weighted by Gasteiger charge is 2.31. The van der Waals surface area contributed by atoms with Gasteiger partial charge in [-0.3, -0.25) is 0 Å². The number of rotatable bonds is 18. The fourth-order valence-corrected chi connectivity index (χ4v) is 4.81. The monoisotopic (exact) mass is 581 g/mol. The van der Waals surface area contributed by atoms with Gasteiger partial charge in [0.2, 0.25) is 0 Å². The van der Waals surface area contributed by atoms with Crippen LogP contribution in [0.25, 0.3) is 11.1 Å². The lowest BCUT2D eigenvalue weighted by molar-refractivity contribution is -0.186. The first-order chi connectivity index (χ1) is 20.4. The molecule has 3 aromatic rings. The molecule has 1 N–H and O–H groups in total. The summed E-state index contributed by atoms with van der Waals surface area (Å²) in [5.74, 6) is 1.81. The highest BCUT2D eigenvalue weighted by Crippen LogP contribution is 2.33. The topological polar surface area (TPSA) is 39.7 Å². The number of anilines is 1. The average molecular weight is 582 g/mol. The number of halogens is 3. The van der Waals surface area contributed by atoms with E-state index >= 15 is 0 Å². The van der Waals surface area contributed by atoms with Crippen molar-refractivity contribution in [3.63, 3.8) is 0 Å². The number of ether oxygens (including phenoxy) is 3. The van der Waals surface area contributed by atoms with Gasteiger partial charge in [-0.1, -0.05) is 48.5 Å². The second-order valence-corrected chi connectivity index (χ2v) is 10.7. The summed E-state index contributed by atoms with van der Waals surface area (Å²) in [5.41, 5.74) is 5.43. The van der Waals surface area contributed by atoms with Gasteiger partial charge in [0.25, 0.3) is 0 Å². The van der Waals surface area contributed by atoms with E-state index in [-0.39, 0.29) is 5.75 Å². The zero-order chi connectivity index (χ0) is 29.6. The molecule has 0 amide bonds. The van der Waals surface area contributed by atoms with E-state index in [1.165, 1.54) is 42.5 Å². The van der Waals surface area contributed by atoms with Gasteiger partial charge >= 0.3 is 6.11 Å². The van der Waals surface area contributed by atoms with Crippen molar-refractivity contribution in [3.05, 3.63) is 89.7 Å². The van der Waals surface area contributed by atoms with Crippen LogP contribution >= 0.6 is 0 Å². The standard InChI is InChI=1S/C35H42F3NO3/c1-27(29-14-10-15-29)40-23-8-3-9-24-41-34-21-18-31(30-16-19-32(20-17-30)42-35(37,38)26-36)25-33(34)39-22-7-6-13-28-11-4-2-5-12-28/h2,4-5,11-12,16-21,25,39H,3,6-10,13-15,22-24,26H2,1H3. The summed E-state index contributed by atoms with van der Waals surface area (Å²) >= 11 is 0. The number of unbranched alkanes of at least 4 members (excludes halogenated alkanes) is 3. The largest absolute Gasteiger partial charge is 0.498 e. The van der Waals surface area contributed by atoms with Crippen LogP contribution in [0.3, 0.4) is 0 Å². The maximum absolute atomic E-state index is 13.3. The predicted molar refractivity (Wildman–Crippen MR) is 163 cm³/mol. The lowest BCUT2D eigenvalue weighted by atomic mass is 9.91. The van der Waals surface area contributed by atoms with Crippen molar-refractivity contribution in [2.75, 3.05) is 31.7 Å². The Kier molecular flexibility index (Phi) is 12.0. The minimum absolute atomic E-state index is 0.0849. The van der Waals surface area contributed by atoms with E-state index in [1.807, 2.05) is 24.3 Å². The lowest BCUT2D eigenvalue weighted by Gasteiger charge is -2.20. The molecule has 0 heterocycles. The molecule has 0 aliphatic heterocycles. The Labute approximate surface area is 247 Å². The van der Waals surface area contributed by atoms with Crippen LogP contribution in [0.2, 0.25) is 0 Å². The number of hydrogen-bond donors (Lipinski definition) is 1. The van der Waals surface area contributed by atoms with Gasteiger partial charge in [0, 0.05) is 6.54 Å². The third-order valence-corrected chi connectivity index (χ3v) is 7.46. The quantitative estimate of drug-likeness (QED) is 0.120. The van der Waals surface area contributed by atoms with Crippen molar-refractivity contribution in [3.8, 4) is 22.6 Å². The van der Waals surface area contributed by atoms with Crippen LogP contribution in [0, 0.1) is 0 Å². The molecule has 0 bridgehead atoms. The van der Waals surface area contributed by atoms with Crippen LogP contribution in [-0.2, 0) is 11.2 Å². The smallest absolute Gasteiger partial charge is 0.427 e. The molecule has 1 saturated carbocycles. The normalized spacial score (nSPS) is 12.9. The summed E-state index contributed by atoms with van der Waals surface area (Å²) < 4.78 is 55.5. The fourth-order valence-electron chi connectivity index (χ4n) is 4.81. The Bertz CT molecular complexity index is 1260. The van der Waals surface area contributed by atoms with Crippen molar-refractivity contribution >= 4 is 5.69 Å². The number of benzene rings is 3. The van der Waals surface area contributed by atoms with Gasteiger partial charge < -0.3 is 19.5 Å². The molecule has 0 saturated heterocycles. The van der Waals surface area contributed by atoms with E-state index in [4.69, 9.17) is 9.47 Å². The van der Waals surface area contributed by atoms with Gasteiger partial charge in [0.15, 0.2) is 6.67 Å². The first kappa shape index (κ1) is 31.3. The minimum Gasteiger partial charge on any atom is -0.498 e. The minimum atomic E-state index is -3.84. The molecule has 4 rings (SSSR count). The molecular formula is C35H42F3NO3. The number of nitrogens with one attached hydrogen (secondary N) is 1. The number of aryl methyl sites for hydroxylation is 1. The van der Waals surface area contributed by atoms with Crippen LogP contribution in [0.5, 0.6) is 11.5 Å². The molecule has 0 atom stereocenters. The first-order valence-electron chi connectivity index (χ1n) is 15.0. The summed E-state index contributed by atoms with van der Waals surface area (Å²) in [6, 6.07) is 22.6. The Hall–Kier alpha value is -3.61. The Morgan fingerprint density at radius 1 is 0.833 bits per heavy atom. The maximum atomic E-state index is 13.3. The summed E-state index contributed by atoms with van der Waals surface area (Å²) in [6.07, 6.45) is 5.86. The summed E-state index contributed by atoms with van der Waals surface area (Å²) in [4.78, 5) is 0. The van der Waals surface area contributed by atoms with Crippen molar-refractivity contribution in [2.45, 2.75) is 70.8 Å². The SMILES string of the molecule is CC(OCCCCCOc1ccc(-c2ccc(OC(F)(F)CF)cc2)cc1NCCCCc1ccccc1)=C1CCC1. The molecule has 1 fully saturated rings. The maximum Gasteiger partial charge on any atom is 0.427 e. The summed E-state index contributed by atoms with van der Waals surface area (Å²) in [5, 5.41) is 3.54. The summed E-state index contributed by atoms with van der Waals surface area (Å²) in [7, 11) is 0. The van der Waals surface area contributed by atoms with Crippen LogP contribution in [0.15, 0.2) is 84.1 Å². The molecule has 0 spiro atoms. The second-order valence-electron chi connectivity index (χ2n) is 10.7. The second kappa shape index (κ2) is 16.1. The molecule has 4 nitrogen and oxygen atoms in total. The van der Waals surface area contributed by atoms with Gasteiger partial charge in [-0.15, -0.1) is 0 Å². The molecule has 3 aromatic carbocycles. The Morgan fingerprint density at radius 2 is 1.57 bits per heavy atom. The number of hydrogen-bond acceptors (Lipinski definition) is 4. The van der Waals surface area contributed by atoms with Gasteiger partial charge in [-0.05, 0) is 111 Å². The van der Waals surface area contributed by atoms with Gasteiger partial charge in [0.1, 0.15) is 11.5 Å². The van der Waals surface area contributed by atoms with Crippen LogP contribution in [-0.4, -0.2) is 32.5 Å². The fraction of sp³-hybridized carbons (Fsp3) is 0.429. The highest BCUT2D eigenvalue weighted by atomic mass is 19.3. The van der Waals surface area contributed by atoms with E-state index in [1.54, 1.807) is 12.1 Å². The molecule has 1 aliphatic rings. The lowest BCUT2D eigenvalue weighted by Crippen LogP contribution is -2.26. The van der Waals surface area contributed by atoms with Gasteiger partial charge in [-0.2, -0.15) is 8.78 Å². The molecule has 0 aromatic heterocycles. The van der Waals surface area contributed by atoms with Crippen LogP contribution in [0.4, 0.5) is 18.9 Å². The van der Waals surface area contributed by atoms with Crippen molar-refractivity contribution in [1.29, 1.82) is 0 Å². The molecule has 1 aliphatic carbocycles. The van der Waals surface area contributed by atoms with Gasteiger partial charge in [-0.25, -0.2) is 4.39 Å². The van der Waals surface area contributed by atoms with E-state index in [9.17, 15) is 13.2 Å². The molecular weight excluding hydrogens is 539 g/mol. The zero-order valence-corrected chi connectivity index (χ0v) is 24.5. The van der Waals surface area contributed by atoms with Crippen molar-refractivity contribution < 1.29 is 27.4 Å². The molecule has 0 radical (unpaired) electrons. The number of alkyl halides is 3. The third kappa shape index (κ3) is 10.0. The summed E-state index contributed by atoms with van der Waals surface area (Å²) in [6.45, 7) is 2.35. The van der Waals surface area contributed by atoms with Crippen LogP contribution < -0.4 is 14.8 Å². The average Bonchev–Trinajstić information content (AvgIpc) is 2.97. The van der Waals surface area contributed by atoms with E-state index in [0.717, 1.165) is 80.0 Å². The van der Waals surface area contributed by atoms with Crippen molar-refractivity contribution in [2.24, 2.45) is 0 Å². The molecule has 226 valence electrons. The van der Waals surface area contributed by atoms with Gasteiger partial charge in [0.05, 0.1) is 24.7 Å². The Balaban J connectivity index is 1.31. The highest BCUT2D eigenvalue weighted by molar-refractivity contribution is 5.72. The zero-order valence-electron chi connectivity index (χ0n) is 24.5. The van der Waals surface area contributed by atoms with Crippen LogP contribution in [0.1, 0.15) is 63.9 Å². The van der Waals surface area contributed by atoms with E-state index < -0.39 is 12.8 Å². The third-order valence-electron chi connectivity index (χ3n) is 7.46. The van der Waals surface area contributed by atoms with E-state index in [0.29, 0.717) is 6.61 Å². The van der Waals surface area contributed by atoms with Crippen molar-refractivity contribution in [1.82, 2.24) is 0 Å². The predicted octanol–water partition coefficient (Wildman–Crippen LogP) is 9.75. The molecule has 0 unspecified atom stereocenters.